The van der Waals surface area contributed by atoms with E-state index in [1.807, 2.05) is 0 Å². The molecule has 0 aliphatic heterocycles. The molecule has 0 bridgehead atoms. The van der Waals surface area contributed by atoms with Crippen LogP contribution < -0.4 is 3.32 Å². The second kappa shape index (κ2) is 31.7. The van der Waals surface area contributed by atoms with E-state index in [2.05, 4.69) is 33.8 Å². The van der Waals surface area contributed by atoms with E-state index in [1.165, 1.54) is 190 Å². The van der Waals surface area contributed by atoms with Crippen molar-refractivity contribution >= 4 is 0 Å². The Balaban J connectivity index is 3.22. The van der Waals surface area contributed by atoms with Crippen LogP contribution in [-0.4, -0.2) is 3.69 Å². The van der Waals surface area contributed by atoms with Crippen LogP contribution in [0.25, 0.3) is 0 Å². The zero-order chi connectivity index (χ0) is 33.5. The zero-order valence-corrected chi connectivity index (χ0v) is 33.0. The second-order valence-corrected chi connectivity index (χ2v) is 15.5. The minimum absolute atomic E-state index is 0.762. The van der Waals surface area contributed by atoms with E-state index in [9.17, 15) is 7.01 Å². The molecule has 0 heterocycles. The molecule has 0 radical (unpaired) electrons. The normalized spacial score (nSPS) is 11.4. The molecule has 0 aromatic heterocycles. The Morgan fingerprint density at radius 2 is 0.739 bits per heavy atom. The first-order chi connectivity index (χ1) is 22.6. The number of hydrogen-bond donors (Lipinski definition) is 1. The van der Waals surface area contributed by atoms with Gasteiger partial charge in [0.15, 0.2) is 0 Å². The smallest absolute Gasteiger partial charge is 0.0654 e. The van der Waals surface area contributed by atoms with Gasteiger partial charge in [0.1, 0.15) is 0 Å². The summed E-state index contributed by atoms with van der Waals surface area (Å²) in [6, 6.07) is 2.24. The molecule has 0 atom stereocenters. The number of rotatable bonds is 34. The van der Waals surface area contributed by atoms with E-state index in [1.54, 1.807) is 5.56 Å². The molecular formula is C42H78O3Ti. The topological polar surface area (TPSA) is 46.5 Å². The number of unbranched alkanes of at least 4 members (excludes halogenated alkanes) is 24. The van der Waals surface area contributed by atoms with Crippen molar-refractivity contribution in [2.75, 3.05) is 0 Å². The molecule has 268 valence electrons. The number of aryl methyl sites for hydroxylation is 1. The van der Waals surface area contributed by atoms with Gasteiger partial charge in [-0.05, 0) is 0 Å². The van der Waals surface area contributed by atoms with Crippen LogP contribution >= 0.6 is 0 Å². The third kappa shape index (κ3) is 22.2. The third-order valence-electron chi connectivity index (χ3n) is 10.1. The third-order valence-corrected chi connectivity index (χ3v) is 10.7. The van der Waals surface area contributed by atoms with Crippen LogP contribution in [0.3, 0.4) is 0 Å². The van der Waals surface area contributed by atoms with Crippen LogP contribution in [0.5, 0.6) is 5.75 Å². The van der Waals surface area contributed by atoms with Crippen molar-refractivity contribution < 1.29 is 28.9 Å². The Hall–Kier alpha value is -0.506. The van der Waals surface area contributed by atoms with Gasteiger partial charge in [-0.2, -0.15) is 0 Å². The Morgan fingerprint density at radius 3 is 1.11 bits per heavy atom. The van der Waals surface area contributed by atoms with Gasteiger partial charge in [-0.25, -0.2) is 0 Å². The van der Waals surface area contributed by atoms with Crippen molar-refractivity contribution in [3.8, 4) is 5.75 Å². The minimum Gasteiger partial charge on any atom is -0.0654 e. The molecule has 0 unspecified atom stereocenters. The van der Waals surface area contributed by atoms with Crippen molar-refractivity contribution in [2.24, 2.45) is 0 Å². The molecule has 1 N–H and O–H groups in total. The molecule has 0 fully saturated rings. The van der Waals surface area contributed by atoms with Gasteiger partial charge in [0, 0.05) is 0 Å². The fraction of sp³-hybridized carbons (Fsp3) is 0.857. The quantitative estimate of drug-likeness (QED) is 0.0583. The average Bonchev–Trinajstić information content (AvgIpc) is 3.04. The summed E-state index contributed by atoms with van der Waals surface area (Å²) in [5.74, 6) is 0.762. The first-order valence-corrected chi connectivity index (χ1v) is 22.6. The van der Waals surface area contributed by atoms with Crippen molar-refractivity contribution in [2.45, 2.75) is 233 Å². The standard InChI is InChI=1S/C42H78O.H2O.O.Ti/c1-5-9-13-17-21-25-29-33-38-37-42(43)41(36-32-28-24-20-16-12-8-4)40(35-31-27-23-19-15-11-7-3)39(38)34-30-26-22-18-14-10-6-2;;;/h37,43H,5-36H2,1-4H3;1H2;;/q;;;+2/p-2. The molecule has 4 heteroatoms. The summed E-state index contributed by atoms with van der Waals surface area (Å²) in [6.45, 7) is 9.16. The Morgan fingerprint density at radius 1 is 0.435 bits per heavy atom. The van der Waals surface area contributed by atoms with Gasteiger partial charge < -0.3 is 0 Å². The molecular weight excluding hydrogens is 600 g/mol. The van der Waals surface area contributed by atoms with Gasteiger partial charge in [0.25, 0.3) is 0 Å². The zero-order valence-electron chi connectivity index (χ0n) is 31.5. The molecule has 0 spiro atoms. The molecule has 1 aromatic rings. The van der Waals surface area contributed by atoms with Gasteiger partial charge >= 0.3 is 269 Å². The molecule has 46 heavy (non-hydrogen) atoms. The molecule has 0 aliphatic carbocycles. The fourth-order valence-electron chi connectivity index (χ4n) is 7.20. The van der Waals surface area contributed by atoms with Crippen LogP contribution in [0.2, 0.25) is 0 Å². The second-order valence-electron chi connectivity index (χ2n) is 14.3. The summed E-state index contributed by atoms with van der Waals surface area (Å²) >= 11 is -3.72. The van der Waals surface area contributed by atoms with Crippen molar-refractivity contribution in [3.63, 3.8) is 0 Å². The molecule has 0 aliphatic rings. The van der Waals surface area contributed by atoms with Crippen molar-refractivity contribution in [1.29, 1.82) is 0 Å². The molecule has 1 aromatic carbocycles. The van der Waals surface area contributed by atoms with Gasteiger partial charge in [0.05, 0.1) is 0 Å². The Kier molecular flexibility index (Phi) is 30.0. The summed E-state index contributed by atoms with van der Waals surface area (Å²) < 4.78 is 28.2. The predicted molar refractivity (Wildman–Crippen MR) is 197 cm³/mol. The van der Waals surface area contributed by atoms with Crippen molar-refractivity contribution in [1.82, 2.24) is 0 Å². The van der Waals surface area contributed by atoms with E-state index >= 15 is 0 Å². The van der Waals surface area contributed by atoms with Gasteiger partial charge in [0.2, 0.25) is 0 Å². The fourth-order valence-corrected chi connectivity index (χ4v) is 7.78. The van der Waals surface area contributed by atoms with E-state index in [0.717, 1.165) is 37.9 Å². The Bertz CT molecular complexity index is 852. The van der Waals surface area contributed by atoms with Crippen molar-refractivity contribution in [3.05, 3.63) is 28.3 Å². The summed E-state index contributed by atoms with van der Waals surface area (Å²) in [5.41, 5.74) is 5.83. The molecule has 3 nitrogen and oxygen atoms in total. The van der Waals surface area contributed by atoms with Gasteiger partial charge in [-0.1, -0.05) is 27.2 Å². The monoisotopic (exact) mass is 679 g/mol. The molecule has 0 saturated heterocycles. The summed E-state index contributed by atoms with van der Waals surface area (Å²) in [6.07, 6.45) is 41.1. The minimum atomic E-state index is -3.72. The van der Waals surface area contributed by atoms with E-state index in [0.29, 0.717) is 0 Å². The first kappa shape index (κ1) is 43.5. The first-order valence-electron chi connectivity index (χ1n) is 20.7. The maximum atomic E-state index is 12.2. The van der Waals surface area contributed by atoms with Crippen LogP contribution in [0.1, 0.15) is 230 Å². The van der Waals surface area contributed by atoms with Crippen LogP contribution in [0.4, 0.5) is 0 Å². The van der Waals surface area contributed by atoms with Crippen LogP contribution in [0, 0.1) is 0 Å². The van der Waals surface area contributed by atoms with Crippen LogP contribution in [-0.2, 0) is 47.6 Å². The predicted octanol–water partition coefficient (Wildman–Crippen LogP) is 14.0. The number of benzene rings is 1. The van der Waals surface area contributed by atoms with Gasteiger partial charge in [-0.3, -0.25) is 0 Å². The van der Waals surface area contributed by atoms with E-state index in [-0.39, 0.29) is 0 Å². The SMILES string of the molecule is CCCCCCCCCc1cc([O][Ti](=[O])[OH])c(CCCCCCCCC)c(CCCCCCCCC)c1CCCCCCCCC. The summed E-state index contributed by atoms with van der Waals surface area (Å²) in [4.78, 5) is 0. The van der Waals surface area contributed by atoms with E-state index in [4.69, 9.17) is 3.32 Å². The van der Waals surface area contributed by atoms with E-state index < -0.39 is 18.6 Å². The molecule has 0 amide bonds. The summed E-state index contributed by atoms with van der Waals surface area (Å²) in [5, 5.41) is 0. The van der Waals surface area contributed by atoms with Gasteiger partial charge in [-0.15, -0.1) is 0 Å². The number of hydrogen-bond acceptors (Lipinski definition) is 2. The summed E-state index contributed by atoms with van der Waals surface area (Å²) in [7, 11) is 0. The molecule has 0 saturated carbocycles. The maximum absolute atomic E-state index is 12.2. The molecule has 1 rings (SSSR count). The Labute approximate surface area is 295 Å². The van der Waals surface area contributed by atoms with Crippen LogP contribution in [0.15, 0.2) is 6.07 Å². The average molecular weight is 679 g/mol.